The minimum absolute atomic E-state index is 0.197. The molecule has 1 saturated carbocycles. The minimum atomic E-state index is -0.397. The van der Waals surface area contributed by atoms with Crippen LogP contribution >= 0.6 is 11.3 Å². The fourth-order valence-electron chi connectivity index (χ4n) is 2.56. The molecule has 0 saturated heterocycles. The average Bonchev–Trinajstić information content (AvgIpc) is 3.04. The molecule has 0 aliphatic heterocycles. The Kier molecular flexibility index (Phi) is 3.46. The zero-order valence-corrected chi connectivity index (χ0v) is 11.3. The summed E-state index contributed by atoms with van der Waals surface area (Å²) in [5.41, 5.74) is 0.649. The van der Waals surface area contributed by atoms with Gasteiger partial charge in [0, 0.05) is 23.6 Å². The maximum atomic E-state index is 13.1. The summed E-state index contributed by atoms with van der Waals surface area (Å²) in [4.78, 5) is 16.2. The fraction of sp³-hybridized carbons (Fsp3) is 0.429. The van der Waals surface area contributed by atoms with E-state index < -0.39 is 5.82 Å². The minimum Gasteiger partial charge on any atom is -0.307 e. The first-order valence-electron chi connectivity index (χ1n) is 6.52. The molecule has 19 heavy (non-hydrogen) atoms. The highest BCUT2D eigenvalue weighted by Gasteiger charge is 2.20. The predicted octanol–water partition coefficient (Wildman–Crippen LogP) is 3.15. The Hall–Kier alpha value is -1.49. The van der Waals surface area contributed by atoms with Crippen molar-refractivity contribution >= 4 is 11.3 Å². The van der Waals surface area contributed by atoms with E-state index in [2.05, 4.69) is 4.98 Å². The van der Waals surface area contributed by atoms with Crippen molar-refractivity contribution < 1.29 is 4.39 Å². The first-order valence-corrected chi connectivity index (χ1v) is 7.40. The van der Waals surface area contributed by atoms with E-state index in [4.69, 9.17) is 0 Å². The van der Waals surface area contributed by atoms with Crippen LogP contribution in [0.3, 0.4) is 0 Å². The second-order valence-electron chi connectivity index (χ2n) is 4.97. The Labute approximate surface area is 114 Å². The van der Waals surface area contributed by atoms with Crippen LogP contribution in [0.1, 0.15) is 42.3 Å². The van der Waals surface area contributed by atoms with Crippen molar-refractivity contribution in [3.8, 4) is 0 Å². The zero-order chi connectivity index (χ0) is 13.2. The number of hydrogen-bond donors (Lipinski definition) is 0. The molecule has 0 radical (unpaired) electrons. The van der Waals surface area contributed by atoms with Crippen LogP contribution in [-0.2, 0) is 6.54 Å². The summed E-state index contributed by atoms with van der Waals surface area (Å²) >= 11 is 1.66. The lowest BCUT2D eigenvalue weighted by Gasteiger charge is -2.04. The molecule has 2 aromatic heterocycles. The highest BCUT2D eigenvalue weighted by atomic mass is 32.1. The van der Waals surface area contributed by atoms with E-state index in [0.717, 1.165) is 10.7 Å². The van der Waals surface area contributed by atoms with Crippen LogP contribution in [0.5, 0.6) is 0 Å². The molecule has 0 aromatic carbocycles. The third kappa shape index (κ3) is 2.76. The molecule has 0 unspecified atom stereocenters. The Morgan fingerprint density at radius 1 is 1.37 bits per heavy atom. The second-order valence-corrected chi connectivity index (χ2v) is 5.86. The Morgan fingerprint density at radius 3 is 2.95 bits per heavy atom. The molecule has 1 aliphatic carbocycles. The van der Waals surface area contributed by atoms with Crippen molar-refractivity contribution in [1.29, 1.82) is 0 Å². The molecule has 3 nitrogen and oxygen atoms in total. The maximum absolute atomic E-state index is 13.1. The maximum Gasteiger partial charge on any atom is 0.251 e. The highest BCUT2D eigenvalue weighted by Crippen LogP contribution is 2.35. The average molecular weight is 278 g/mol. The smallest absolute Gasteiger partial charge is 0.251 e. The van der Waals surface area contributed by atoms with Gasteiger partial charge in [0.2, 0.25) is 0 Å². The number of halogens is 1. The van der Waals surface area contributed by atoms with Crippen molar-refractivity contribution in [2.75, 3.05) is 0 Å². The molecule has 0 atom stereocenters. The molecule has 2 aromatic rings. The van der Waals surface area contributed by atoms with Crippen LogP contribution in [0.4, 0.5) is 4.39 Å². The van der Waals surface area contributed by atoms with Gasteiger partial charge in [0.15, 0.2) is 0 Å². The standard InChI is InChI=1S/C14H15FN2OS/c15-11-5-6-13(18)17(7-11)8-12-9-19-14(16-12)10-3-1-2-4-10/h5-7,9-10H,1-4,8H2. The topological polar surface area (TPSA) is 34.9 Å². The van der Waals surface area contributed by atoms with Gasteiger partial charge in [-0.2, -0.15) is 0 Å². The molecule has 100 valence electrons. The summed E-state index contributed by atoms with van der Waals surface area (Å²) < 4.78 is 14.5. The lowest BCUT2D eigenvalue weighted by atomic mass is 10.1. The van der Waals surface area contributed by atoms with Crippen LogP contribution in [0, 0.1) is 5.82 Å². The van der Waals surface area contributed by atoms with Crippen molar-refractivity contribution in [1.82, 2.24) is 9.55 Å². The summed E-state index contributed by atoms with van der Waals surface area (Å²) in [5.74, 6) is 0.189. The van der Waals surface area contributed by atoms with Crippen LogP contribution in [0.2, 0.25) is 0 Å². The first kappa shape index (κ1) is 12.5. The van der Waals surface area contributed by atoms with Crippen LogP contribution < -0.4 is 5.56 Å². The first-order chi connectivity index (χ1) is 9.22. The van der Waals surface area contributed by atoms with Gasteiger partial charge in [0.25, 0.3) is 5.56 Å². The van der Waals surface area contributed by atoms with Gasteiger partial charge in [-0.25, -0.2) is 9.37 Å². The molecule has 0 N–H and O–H groups in total. The van der Waals surface area contributed by atoms with Gasteiger partial charge in [-0.05, 0) is 18.9 Å². The van der Waals surface area contributed by atoms with E-state index in [0.29, 0.717) is 12.5 Å². The molecule has 2 heterocycles. The van der Waals surface area contributed by atoms with Gasteiger partial charge in [-0.15, -0.1) is 11.3 Å². The van der Waals surface area contributed by atoms with E-state index in [1.165, 1.54) is 48.6 Å². The van der Waals surface area contributed by atoms with E-state index in [-0.39, 0.29) is 5.56 Å². The number of nitrogens with zero attached hydrogens (tertiary/aromatic N) is 2. The van der Waals surface area contributed by atoms with Crippen LogP contribution in [-0.4, -0.2) is 9.55 Å². The lowest BCUT2D eigenvalue weighted by molar-refractivity contribution is 0.593. The van der Waals surface area contributed by atoms with Crippen molar-refractivity contribution in [2.45, 2.75) is 38.1 Å². The lowest BCUT2D eigenvalue weighted by Crippen LogP contribution is -2.19. The van der Waals surface area contributed by atoms with E-state index in [9.17, 15) is 9.18 Å². The largest absolute Gasteiger partial charge is 0.307 e. The van der Waals surface area contributed by atoms with E-state index in [1.807, 2.05) is 5.38 Å². The number of thiazole rings is 1. The third-order valence-electron chi connectivity index (χ3n) is 3.55. The van der Waals surface area contributed by atoms with Gasteiger partial charge in [0.05, 0.1) is 17.2 Å². The van der Waals surface area contributed by atoms with Crippen molar-refractivity contribution in [3.63, 3.8) is 0 Å². The molecule has 1 fully saturated rings. The molecular formula is C14H15FN2OS. The van der Waals surface area contributed by atoms with E-state index >= 15 is 0 Å². The van der Waals surface area contributed by atoms with Gasteiger partial charge >= 0.3 is 0 Å². The highest BCUT2D eigenvalue weighted by molar-refractivity contribution is 7.09. The van der Waals surface area contributed by atoms with Gasteiger partial charge in [-0.3, -0.25) is 4.79 Å². The predicted molar refractivity (Wildman–Crippen MR) is 73.1 cm³/mol. The van der Waals surface area contributed by atoms with Crippen molar-refractivity contribution in [2.24, 2.45) is 0 Å². The summed E-state index contributed by atoms with van der Waals surface area (Å²) in [7, 11) is 0. The Bertz CT molecular complexity index is 628. The van der Waals surface area contributed by atoms with Gasteiger partial charge < -0.3 is 4.57 Å². The molecule has 1 aliphatic rings. The quantitative estimate of drug-likeness (QED) is 0.864. The molecule has 3 rings (SSSR count). The third-order valence-corrected chi connectivity index (χ3v) is 4.61. The second kappa shape index (κ2) is 5.25. The Morgan fingerprint density at radius 2 is 2.16 bits per heavy atom. The molecule has 0 spiro atoms. The number of rotatable bonds is 3. The SMILES string of the molecule is O=c1ccc(F)cn1Cc1csc(C2CCCC2)n1. The number of hydrogen-bond acceptors (Lipinski definition) is 3. The van der Waals surface area contributed by atoms with Gasteiger partial charge in [0.1, 0.15) is 5.82 Å². The van der Waals surface area contributed by atoms with Crippen LogP contribution in [0.25, 0.3) is 0 Å². The fourth-order valence-corrected chi connectivity index (χ4v) is 3.54. The van der Waals surface area contributed by atoms with Crippen LogP contribution in [0.15, 0.2) is 28.5 Å². The normalized spacial score (nSPS) is 16.1. The summed E-state index contributed by atoms with van der Waals surface area (Å²) in [6.45, 7) is 0.347. The molecule has 0 bridgehead atoms. The van der Waals surface area contributed by atoms with Gasteiger partial charge in [-0.1, -0.05) is 12.8 Å². The van der Waals surface area contributed by atoms with Crippen molar-refractivity contribution in [3.05, 3.63) is 50.6 Å². The van der Waals surface area contributed by atoms with E-state index in [1.54, 1.807) is 11.3 Å². The number of aromatic nitrogens is 2. The molecule has 0 amide bonds. The molecule has 5 heteroatoms. The summed E-state index contributed by atoms with van der Waals surface area (Å²) in [5, 5.41) is 3.14. The molecular weight excluding hydrogens is 263 g/mol. The zero-order valence-electron chi connectivity index (χ0n) is 10.5. The Balaban J connectivity index is 1.79. The summed E-state index contributed by atoms with van der Waals surface area (Å²) in [6.07, 6.45) is 6.22. The monoisotopic (exact) mass is 278 g/mol. The summed E-state index contributed by atoms with van der Waals surface area (Å²) in [6, 6.07) is 2.43. The number of pyridine rings is 1.